The number of amides is 1. The average molecular weight is 557 g/mol. The van der Waals surface area contributed by atoms with E-state index in [1.54, 1.807) is 18.2 Å². The minimum absolute atomic E-state index is 0.0483. The van der Waals surface area contributed by atoms with Crippen LogP contribution in [0.3, 0.4) is 0 Å². The first-order chi connectivity index (χ1) is 15.6. The van der Waals surface area contributed by atoms with Crippen molar-refractivity contribution in [2.45, 2.75) is 37.5 Å². The second-order valence-electron chi connectivity index (χ2n) is 6.98. The molecule has 0 aromatic heterocycles. The minimum Gasteiger partial charge on any atom is -0.492 e. The van der Waals surface area contributed by atoms with E-state index in [4.69, 9.17) is 28.4 Å². The molecule has 0 fully saturated rings. The van der Waals surface area contributed by atoms with Crippen LogP contribution in [-0.2, 0) is 10.0 Å². The maximum atomic E-state index is 12.5. The van der Waals surface area contributed by atoms with Crippen molar-refractivity contribution in [1.29, 1.82) is 0 Å². The second-order valence-corrected chi connectivity index (χ2v) is 9.84. The maximum absolute atomic E-state index is 12.5. The highest BCUT2D eigenvalue weighted by Crippen LogP contribution is 2.26. The zero-order valence-electron chi connectivity index (χ0n) is 18.0. The van der Waals surface area contributed by atoms with E-state index in [2.05, 4.69) is 37.9 Å². The van der Waals surface area contributed by atoms with Crippen LogP contribution in [0.5, 0.6) is 5.75 Å². The van der Waals surface area contributed by atoms with E-state index in [0.717, 1.165) is 19.3 Å². The average Bonchev–Trinajstić information content (AvgIpc) is 2.74. The van der Waals surface area contributed by atoms with Gasteiger partial charge < -0.3 is 21.5 Å². The Balaban J connectivity index is 1.93. The third-order valence-electron chi connectivity index (χ3n) is 4.31. The van der Waals surface area contributed by atoms with Gasteiger partial charge in [-0.05, 0) is 77.0 Å². The number of carbonyl (C=O) groups excluding carboxylic acids is 1. The Kier molecular flexibility index (Phi) is 10.1. The van der Waals surface area contributed by atoms with Crippen molar-refractivity contribution in [3.8, 4) is 5.75 Å². The van der Waals surface area contributed by atoms with Crippen molar-refractivity contribution in [3.63, 3.8) is 0 Å². The number of sulfonamides is 1. The number of rotatable bonds is 10. The molecule has 2 rings (SSSR count). The normalized spacial score (nSPS) is 10.8. The van der Waals surface area contributed by atoms with E-state index >= 15 is 0 Å². The molecule has 1 amide bonds. The summed E-state index contributed by atoms with van der Waals surface area (Å²) in [5.41, 5.74) is 11.1. The van der Waals surface area contributed by atoms with Crippen molar-refractivity contribution >= 4 is 60.8 Å². The number of thiocarbonyl (C=S) groups is 1. The molecule has 0 atom stereocenters. The van der Waals surface area contributed by atoms with Crippen molar-refractivity contribution in [2.24, 2.45) is 15.9 Å². The van der Waals surface area contributed by atoms with Crippen molar-refractivity contribution in [2.75, 3.05) is 11.9 Å². The summed E-state index contributed by atoms with van der Waals surface area (Å²) in [5.74, 6) is -0.298. The Labute approximate surface area is 207 Å². The number of halogens is 1. The van der Waals surface area contributed by atoms with Crippen LogP contribution in [0, 0.1) is 0 Å². The van der Waals surface area contributed by atoms with E-state index in [1.165, 1.54) is 30.7 Å². The summed E-state index contributed by atoms with van der Waals surface area (Å²) in [7, 11) is -3.98. The smallest absolute Gasteiger partial charge is 0.285 e. The molecule has 0 unspecified atom stereocenters. The monoisotopic (exact) mass is 555 g/mol. The van der Waals surface area contributed by atoms with E-state index in [1.807, 2.05) is 0 Å². The van der Waals surface area contributed by atoms with Gasteiger partial charge in [0.15, 0.2) is 5.11 Å². The summed E-state index contributed by atoms with van der Waals surface area (Å²) in [6.07, 6.45) is 4.44. The number of nitrogens with zero attached hydrogens (tertiary/aromatic N) is 1. The molecule has 0 bridgehead atoms. The van der Waals surface area contributed by atoms with E-state index in [9.17, 15) is 13.2 Å². The number of anilines is 1. The number of nitrogens with one attached hydrogen (secondary N) is 2. The lowest BCUT2D eigenvalue weighted by Gasteiger charge is -2.12. The molecule has 12 heteroatoms. The summed E-state index contributed by atoms with van der Waals surface area (Å²) >= 11 is 8.60. The molecule has 2 aromatic carbocycles. The Hall–Kier alpha value is -2.70. The lowest BCUT2D eigenvalue weighted by Crippen LogP contribution is -2.34. The third kappa shape index (κ3) is 8.63. The van der Waals surface area contributed by atoms with Crippen LogP contribution < -0.4 is 26.8 Å². The first-order valence-corrected chi connectivity index (χ1v) is 12.8. The summed E-state index contributed by atoms with van der Waals surface area (Å²) in [4.78, 5) is 12.4. The highest BCUT2D eigenvalue weighted by Gasteiger charge is 2.14. The largest absolute Gasteiger partial charge is 0.492 e. The first-order valence-electron chi connectivity index (χ1n) is 10.1. The van der Waals surface area contributed by atoms with Gasteiger partial charge in [-0.15, -0.1) is 4.40 Å². The molecule has 0 aliphatic heterocycles. The van der Waals surface area contributed by atoms with Crippen LogP contribution in [0.1, 0.15) is 43.0 Å². The van der Waals surface area contributed by atoms with Gasteiger partial charge in [-0.2, -0.15) is 8.42 Å². The number of unbranched alkanes of at least 4 members (excludes halogenated alkanes) is 3. The van der Waals surface area contributed by atoms with Crippen molar-refractivity contribution in [1.82, 2.24) is 5.32 Å². The lowest BCUT2D eigenvalue weighted by atomic mass is 10.2. The van der Waals surface area contributed by atoms with Gasteiger partial charge in [-0.1, -0.05) is 26.2 Å². The van der Waals surface area contributed by atoms with Gasteiger partial charge in [-0.25, -0.2) is 0 Å². The molecule has 0 radical (unpaired) electrons. The van der Waals surface area contributed by atoms with Crippen LogP contribution in [0.25, 0.3) is 0 Å². The zero-order chi connectivity index (χ0) is 24.4. The number of guanidine groups is 1. The van der Waals surface area contributed by atoms with Gasteiger partial charge >= 0.3 is 0 Å². The Morgan fingerprint density at radius 2 is 1.82 bits per heavy atom. The fourth-order valence-electron chi connectivity index (χ4n) is 2.71. The minimum atomic E-state index is -3.98. The van der Waals surface area contributed by atoms with Crippen LogP contribution in [-0.4, -0.2) is 32.0 Å². The van der Waals surface area contributed by atoms with Gasteiger partial charge in [0.05, 0.1) is 16.0 Å². The Morgan fingerprint density at radius 3 is 2.42 bits per heavy atom. The topological polar surface area (TPSA) is 149 Å². The zero-order valence-corrected chi connectivity index (χ0v) is 21.2. The second kappa shape index (κ2) is 12.5. The van der Waals surface area contributed by atoms with Gasteiger partial charge in [0.25, 0.3) is 15.9 Å². The molecule has 33 heavy (non-hydrogen) atoms. The van der Waals surface area contributed by atoms with Gasteiger partial charge in [0, 0.05) is 11.3 Å². The fourth-order valence-corrected chi connectivity index (χ4v) is 4.28. The third-order valence-corrected chi connectivity index (χ3v) is 6.46. The standard InChI is InChI=1S/C21H26BrN5O4S2/c1-2-3-4-5-12-31-18-11-6-14(13-17(18)22)19(28)26-21(32)25-15-7-9-16(10-8-15)33(29,30)27-20(23)24/h6-11,13H,2-5,12H2,1H3,(H4,23,24,27)(H2,25,26,28,32). The molecule has 0 saturated carbocycles. The number of benzene rings is 2. The predicted octanol–water partition coefficient (Wildman–Crippen LogP) is 3.50. The number of nitrogens with two attached hydrogens (primary N) is 2. The van der Waals surface area contributed by atoms with Gasteiger partial charge in [0.2, 0.25) is 5.96 Å². The number of hydrogen-bond acceptors (Lipinski definition) is 5. The number of carbonyl (C=O) groups is 1. The predicted molar refractivity (Wildman–Crippen MR) is 137 cm³/mol. The van der Waals surface area contributed by atoms with E-state index in [0.29, 0.717) is 28.1 Å². The molecule has 178 valence electrons. The highest BCUT2D eigenvalue weighted by molar-refractivity contribution is 9.10. The molecule has 0 saturated heterocycles. The summed E-state index contributed by atoms with van der Waals surface area (Å²) in [6, 6.07) is 10.6. The van der Waals surface area contributed by atoms with Crippen LogP contribution in [0.4, 0.5) is 5.69 Å². The Bertz CT molecular complexity index is 1120. The molecule has 0 aliphatic rings. The summed E-state index contributed by atoms with van der Waals surface area (Å²) in [6.45, 7) is 2.77. The van der Waals surface area contributed by atoms with Crippen molar-refractivity contribution < 1.29 is 17.9 Å². The summed E-state index contributed by atoms with van der Waals surface area (Å²) < 4.78 is 33.6. The maximum Gasteiger partial charge on any atom is 0.285 e. The first kappa shape index (κ1) is 26.6. The van der Waals surface area contributed by atoms with Crippen LogP contribution in [0.2, 0.25) is 0 Å². The Morgan fingerprint density at radius 1 is 1.12 bits per heavy atom. The molecule has 0 heterocycles. The number of hydrogen-bond donors (Lipinski definition) is 4. The van der Waals surface area contributed by atoms with Crippen molar-refractivity contribution in [3.05, 3.63) is 52.5 Å². The van der Waals surface area contributed by atoms with Crippen LogP contribution in [0.15, 0.2) is 56.2 Å². The molecule has 0 spiro atoms. The molecule has 0 aliphatic carbocycles. The highest BCUT2D eigenvalue weighted by atomic mass is 79.9. The molecular weight excluding hydrogens is 530 g/mol. The fraction of sp³-hybridized carbons (Fsp3) is 0.286. The molecular formula is C21H26BrN5O4S2. The number of ether oxygens (including phenoxy) is 1. The molecule has 6 N–H and O–H groups in total. The summed E-state index contributed by atoms with van der Waals surface area (Å²) in [5, 5.41) is 5.44. The molecule has 9 nitrogen and oxygen atoms in total. The lowest BCUT2D eigenvalue weighted by molar-refractivity contribution is 0.0977. The van der Waals surface area contributed by atoms with Gasteiger partial charge in [0.1, 0.15) is 5.75 Å². The quantitative estimate of drug-likeness (QED) is 0.150. The van der Waals surface area contributed by atoms with E-state index in [-0.39, 0.29) is 10.0 Å². The van der Waals surface area contributed by atoms with E-state index < -0.39 is 21.9 Å². The SMILES string of the molecule is CCCCCCOc1ccc(C(=O)NC(=S)Nc2ccc(S(=O)(=O)N=C(N)N)cc2)cc1Br. The molecule has 2 aromatic rings. The van der Waals surface area contributed by atoms with Gasteiger partial charge in [-0.3, -0.25) is 10.1 Å². The van der Waals surface area contributed by atoms with Crippen LogP contribution >= 0.6 is 28.1 Å².